The summed E-state index contributed by atoms with van der Waals surface area (Å²) >= 11 is 1.09. The smallest absolute Gasteiger partial charge is 0.333 e. The van der Waals surface area contributed by atoms with Crippen molar-refractivity contribution in [2.24, 2.45) is 0 Å². The lowest BCUT2D eigenvalue weighted by atomic mass is 9.89. The zero-order valence-electron chi connectivity index (χ0n) is 23.8. The first-order chi connectivity index (χ1) is 19.3. The number of carbonyl (C=O) groups is 1. The second kappa shape index (κ2) is 11.1. The van der Waals surface area contributed by atoms with Gasteiger partial charge in [0.1, 0.15) is 32.5 Å². The average molecular weight is 585 g/mol. The van der Waals surface area contributed by atoms with Crippen molar-refractivity contribution in [3.05, 3.63) is 81.0 Å². The third kappa shape index (κ3) is 5.22. The molecule has 0 saturated heterocycles. The van der Waals surface area contributed by atoms with Crippen molar-refractivity contribution in [3.8, 4) is 10.8 Å². The minimum atomic E-state index is -1.89. The van der Waals surface area contributed by atoms with Crippen LogP contribution in [0.1, 0.15) is 45.2 Å². The summed E-state index contributed by atoms with van der Waals surface area (Å²) in [6.45, 7) is 11.5. The fraction of sp³-hybridized carbons (Fsp3) is 0.393. The van der Waals surface area contributed by atoms with Crippen LogP contribution in [0.3, 0.4) is 0 Å². The van der Waals surface area contributed by atoms with E-state index in [9.17, 15) is 23.9 Å². The number of aliphatic hydroxyl groups is 1. The third-order valence-corrected chi connectivity index (χ3v) is 8.17. The van der Waals surface area contributed by atoms with E-state index >= 15 is 0 Å². The number of aryl methyl sites for hydroxylation is 1. The van der Waals surface area contributed by atoms with Crippen LogP contribution in [-0.2, 0) is 22.5 Å². The number of hydrogen-bond acceptors (Lipinski definition) is 8. The third-order valence-electron chi connectivity index (χ3n) is 6.89. The Labute approximate surface area is 239 Å². The lowest BCUT2D eigenvalue weighted by Gasteiger charge is -2.32. The average Bonchev–Trinajstić information content (AvgIpc) is 3.54. The number of halogens is 1. The van der Waals surface area contributed by atoms with Crippen LogP contribution in [0.4, 0.5) is 4.39 Å². The number of nitrogens with zero attached hydrogens (tertiary/aromatic N) is 5. The van der Waals surface area contributed by atoms with E-state index in [-0.39, 0.29) is 34.0 Å². The number of hydrogen-bond donors (Lipinski definition) is 2. The zero-order valence-corrected chi connectivity index (χ0v) is 24.6. The number of methoxy groups -OCH3 is 1. The monoisotopic (exact) mass is 584 g/mol. The highest BCUT2D eigenvalue weighted by Gasteiger charge is 2.39. The van der Waals surface area contributed by atoms with E-state index in [0.717, 1.165) is 22.0 Å². The van der Waals surface area contributed by atoms with Gasteiger partial charge >= 0.3 is 5.69 Å². The van der Waals surface area contributed by atoms with Gasteiger partial charge in [0.15, 0.2) is 0 Å². The predicted octanol–water partition coefficient (Wildman–Crippen LogP) is 2.99. The maximum Gasteiger partial charge on any atom is 0.333 e. The van der Waals surface area contributed by atoms with Crippen molar-refractivity contribution < 1.29 is 19.0 Å². The van der Waals surface area contributed by atoms with Gasteiger partial charge in [0.2, 0.25) is 5.91 Å². The fourth-order valence-corrected chi connectivity index (χ4v) is 6.03. The molecule has 1 aromatic carbocycles. The summed E-state index contributed by atoms with van der Waals surface area (Å²) < 4.78 is 22.0. The molecule has 0 saturated carbocycles. The highest BCUT2D eigenvalue weighted by molar-refractivity contribution is 7.21. The Kier molecular flexibility index (Phi) is 8.05. The van der Waals surface area contributed by atoms with Crippen LogP contribution in [0.2, 0.25) is 0 Å². The number of benzene rings is 1. The SMILES string of the molecule is C=CCC(O)(Cn1c(=O)n(C(C)(C)C(=O)NC(C)C)c(=O)c2c(C)c(-n3nccn3)sc21)c1cc(F)ccc1OC. The number of amides is 1. The number of thiophene rings is 1. The van der Waals surface area contributed by atoms with Gasteiger partial charge in [-0.15, -0.1) is 11.4 Å². The zero-order chi connectivity index (χ0) is 30.3. The van der Waals surface area contributed by atoms with Crippen molar-refractivity contribution in [2.75, 3.05) is 7.11 Å². The quantitative estimate of drug-likeness (QED) is 0.274. The molecule has 0 spiro atoms. The standard InChI is InChI=1S/C28H33FN6O5S/c1-8-11-28(39,19-14-18(29)9-10-20(19)40-7)15-33-24-21(17(4)23(41-24)35-30-12-13-31-35)22(36)34(26(33)38)27(5,6)25(37)32-16(2)3/h8-10,12-14,16,39H,1,11,15H2,2-7H3,(H,32,37). The highest BCUT2D eigenvalue weighted by atomic mass is 32.1. The Bertz CT molecular complexity index is 1740. The van der Waals surface area contributed by atoms with Gasteiger partial charge in [-0.25, -0.2) is 13.8 Å². The molecule has 0 bridgehead atoms. The number of ether oxygens (including phenoxy) is 1. The molecule has 41 heavy (non-hydrogen) atoms. The van der Waals surface area contributed by atoms with Gasteiger partial charge < -0.3 is 15.2 Å². The minimum Gasteiger partial charge on any atom is -0.496 e. The summed E-state index contributed by atoms with van der Waals surface area (Å²) in [5.41, 5.74) is -4.42. The van der Waals surface area contributed by atoms with Gasteiger partial charge in [-0.3, -0.25) is 14.2 Å². The Morgan fingerprint density at radius 2 is 1.93 bits per heavy atom. The summed E-state index contributed by atoms with van der Waals surface area (Å²) in [5.74, 6) is -0.947. The van der Waals surface area contributed by atoms with Gasteiger partial charge in [-0.05, 0) is 59.2 Å². The molecule has 2 N–H and O–H groups in total. The Balaban J connectivity index is 2.09. The molecule has 3 aromatic heterocycles. The first-order valence-electron chi connectivity index (χ1n) is 12.9. The van der Waals surface area contributed by atoms with E-state index in [1.54, 1.807) is 20.8 Å². The van der Waals surface area contributed by atoms with Crippen molar-refractivity contribution in [3.63, 3.8) is 0 Å². The van der Waals surface area contributed by atoms with E-state index in [1.807, 2.05) is 0 Å². The number of rotatable bonds is 10. The molecule has 1 atom stereocenters. The first-order valence-corrected chi connectivity index (χ1v) is 13.7. The maximum atomic E-state index is 14.4. The molecular weight excluding hydrogens is 551 g/mol. The van der Waals surface area contributed by atoms with Gasteiger partial charge in [-0.2, -0.15) is 10.2 Å². The predicted molar refractivity (Wildman–Crippen MR) is 154 cm³/mol. The largest absolute Gasteiger partial charge is 0.496 e. The summed E-state index contributed by atoms with van der Waals surface area (Å²) in [5, 5.41) is 23.8. The van der Waals surface area contributed by atoms with Crippen LogP contribution in [0, 0.1) is 12.7 Å². The van der Waals surface area contributed by atoms with Crippen LogP contribution in [-0.4, -0.2) is 48.3 Å². The molecule has 3 heterocycles. The van der Waals surface area contributed by atoms with Crippen molar-refractivity contribution >= 4 is 27.5 Å². The van der Waals surface area contributed by atoms with Crippen LogP contribution in [0.5, 0.6) is 5.75 Å². The molecule has 1 amide bonds. The lowest BCUT2D eigenvalue weighted by Crippen LogP contribution is -2.57. The molecule has 4 aromatic rings. The van der Waals surface area contributed by atoms with E-state index in [4.69, 9.17) is 4.74 Å². The van der Waals surface area contributed by atoms with Crippen LogP contribution < -0.4 is 21.3 Å². The molecule has 0 aliphatic rings. The van der Waals surface area contributed by atoms with Crippen molar-refractivity contribution in [2.45, 2.75) is 64.8 Å². The molecule has 4 rings (SSSR count). The Morgan fingerprint density at radius 3 is 2.51 bits per heavy atom. The normalized spacial score (nSPS) is 13.4. The van der Waals surface area contributed by atoms with Crippen molar-refractivity contribution in [1.29, 1.82) is 0 Å². The van der Waals surface area contributed by atoms with Gasteiger partial charge in [0.25, 0.3) is 5.56 Å². The van der Waals surface area contributed by atoms with Crippen LogP contribution >= 0.6 is 11.3 Å². The van der Waals surface area contributed by atoms with Gasteiger partial charge in [-0.1, -0.05) is 17.4 Å². The molecule has 0 aliphatic carbocycles. The summed E-state index contributed by atoms with van der Waals surface area (Å²) in [7, 11) is 1.39. The lowest BCUT2D eigenvalue weighted by molar-refractivity contribution is -0.129. The molecule has 1 unspecified atom stereocenters. The highest BCUT2D eigenvalue weighted by Crippen LogP contribution is 2.37. The molecule has 13 heteroatoms. The topological polar surface area (TPSA) is 133 Å². The fourth-order valence-electron chi connectivity index (χ4n) is 4.82. The number of nitrogens with one attached hydrogen (secondary N) is 1. The Hall–Kier alpha value is -4.10. The molecule has 0 fully saturated rings. The minimum absolute atomic E-state index is 0.0883. The van der Waals surface area contributed by atoms with E-state index in [2.05, 4.69) is 22.1 Å². The van der Waals surface area contributed by atoms with E-state index in [0.29, 0.717) is 10.6 Å². The molecule has 0 radical (unpaired) electrons. The summed E-state index contributed by atoms with van der Waals surface area (Å²) in [6.07, 6.45) is 4.32. The molecule has 218 valence electrons. The first kappa shape index (κ1) is 29.9. The maximum absolute atomic E-state index is 14.4. The van der Waals surface area contributed by atoms with Crippen LogP contribution in [0.15, 0.2) is 52.8 Å². The second-order valence-corrected chi connectivity index (χ2v) is 11.6. The number of aromatic nitrogens is 5. The van der Waals surface area contributed by atoms with E-state index < -0.39 is 40.7 Å². The van der Waals surface area contributed by atoms with Crippen LogP contribution in [0.25, 0.3) is 15.2 Å². The molecule has 11 nitrogen and oxygen atoms in total. The van der Waals surface area contributed by atoms with Crippen molar-refractivity contribution in [1.82, 2.24) is 29.4 Å². The van der Waals surface area contributed by atoms with Gasteiger partial charge in [0, 0.05) is 17.2 Å². The van der Waals surface area contributed by atoms with Gasteiger partial charge in [0.05, 0.1) is 31.4 Å². The second-order valence-electron chi connectivity index (χ2n) is 10.6. The number of fused-ring (bicyclic) bond motifs is 1. The number of carbonyl (C=O) groups excluding carboxylic acids is 1. The summed E-state index contributed by atoms with van der Waals surface area (Å²) in [6, 6.07) is 3.47. The molecular formula is C28H33FN6O5S. The summed E-state index contributed by atoms with van der Waals surface area (Å²) in [4.78, 5) is 43.1. The van der Waals surface area contributed by atoms with E-state index in [1.165, 1.54) is 60.9 Å². The Morgan fingerprint density at radius 1 is 1.27 bits per heavy atom. The molecule has 0 aliphatic heterocycles.